The van der Waals surface area contributed by atoms with E-state index in [0.29, 0.717) is 11.7 Å². The molecule has 1 amide bonds. The van der Waals surface area contributed by atoms with Crippen LogP contribution in [-0.4, -0.2) is 29.0 Å². The summed E-state index contributed by atoms with van der Waals surface area (Å²) in [6.07, 6.45) is 2.53. The van der Waals surface area contributed by atoms with Crippen LogP contribution in [0.1, 0.15) is 25.6 Å². The molecule has 0 spiro atoms. The molecule has 2 N–H and O–H groups in total. The van der Waals surface area contributed by atoms with Crippen LogP contribution in [0.3, 0.4) is 0 Å². The second-order valence-electron chi connectivity index (χ2n) is 4.51. The Hall–Kier alpha value is -1.36. The molecule has 0 radical (unpaired) electrons. The van der Waals surface area contributed by atoms with Gasteiger partial charge >= 0.3 is 0 Å². The molecule has 1 aromatic rings. The lowest BCUT2D eigenvalue weighted by molar-refractivity contribution is -0.122. The number of anilines is 1. The topological polar surface area (TPSA) is 72.1 Å². The number of carbonyl (C=O) groups is 1. The molecule has 1 aliphatic heterocycles. The van der Waals surface area contributed by atoms with Crippen LogP contribution in [-0.2, 0) is 11.2 Å². The van der Waals surface area contributed by atoms with Gasteiger partial charge in [0.1, 0.15) is 16.8 Å². The van der Waals surface area contributed by atoms with Gasteiger partial charge in [0.15, 0.2) is 0 Å². The third kappa shape index (κ3) is 2.90. The van der Waals surface area contributed by atoms with Crippen LogP contribution >= 0.6 is 11.6 Å². The number of nitrogens with two attached hydrogens (primary N) is 1. The van der Waals surface area contributed by atoms with E-state index in [0.717, 1.165) is 37.4 Å². The number of primary amides is 1. The van der Waals surface area contributed by atoms with Gasteiger partial charge in [-0.1, -0.05) is 18.5 Å². The van der Waals surface area contributed by atoms with Gasteiger partial charge in [0.05, 0.1) is 5.92 Å². The lowest BCUT2D eigenvalue weighted by atomic mass is 9.97. The van der Waals surface area contributed by atoms with Crippen molar-refractivity contribution in [3.05, 3.63) is 17.0 Å². The summed E-state index contributed by atoms with van der Waals surface area (Å²) in [5, 5.41) is 0.443. The fourth-order valence-electron chi connectivity index (χ4n) is 2.19. The molecule has 1 fully saturated rings. The number of piperidine rings is 1. The first-order chi connectivity index (χ1) is 8.60. The van der Waals surface area contributed by atoms with Crippen LogP contribution in [0.4, 0.5) is 5.82 Å². The highest BCUT2D eigenvalue weighted by molar-refractivity contribution is 6.29. The number of nitrogens with zero attached hydrogens (tertiary/aromatic N) is 3. The molecule has 1 unspecified atom stereocenters. The summed E-state index contributed by atoms with van der Waals surface area (Å²) in [6.45, 7) is 3.48. The third-order valence-corrected chi connectivity index (χ3v) is 3.39. The van der Waals surface area contributed by atoms with Crippen molar-refractivity contribution in [3.63, 3.8) is 0 Å². The van der Waals surface area contributed by atoms with E-state index in [1.165, 1.54) is 0 Å². The van der Waals surface area contributed by atoms with Crippen molar-refractivity contribution in [3.8, 4) is 0 Å². The molecule has 2 heterocycles. The van der Waals surface area contributed by atoms with Gasteiger partial charge in [-0.2, -0.15) is 0 Å². The minimum Gasteiger partial charge on any atom is -0.369 e. The number of hydrogen-bond acceptors (Lipinski definition) is 4. The lowest BCUT2D eigenvalue weighted by Crippen LogP contribution is -2.41. The van der Waals surface area contributed by atoms with Crippen molar-refractivity contribution in [2.75, 3.05) is 18.0 Å². The highest BCUT2D eigenvalue weighted by atomic mass is 35.5. The van der Waals surface area contributed by atoms with Gasteiger partial charge in [0.25, 0.3) is 0 Å². The maximum Gasteiger partial charge on any atom is 0.222 e. The molecule has 1 atom stereocenters. The largest absolute Gasteiger partial charge is 0.369 e. The van der Waals surface area contributed by atoms with Gasteiger partial charge in [-0.3, -0.25) is 4.79 Å². The van der Waals surface area contributed by atoms with Crippen molar-refractivity contribution in [2.45, 2.75) is 26.2 Å². The van der Waals surface area contributed by atoms with Crippen molar-refractivity contribution in [1.82, 2.24) is 9.97 Å². The average molecular weight is 269 g/mol. The van der Waals surface area contributed by atoms with E-state index in [9.17, 15) is 4.79 Å². The number of rotatable bonds is 3. The van der Waals surface area contributed by atoms with Gasteiger partial charge in [0, 0.05) is 25.6 Å². The van der Waals surface area contributed by atoms with E-state index in [4.69, 9.17) is 17.3 Å². The smallest absolute Gasteiger partial charge is 0.222 e. The number of aryl methyl sites for hydroxylation is 1. The van der Waals surface area contributed by atoms with E-state index < -0.39 is 0 Å². The Balaban J connectivity index is 2.20. The zero-order valence-corrected chi connectivity index (χ0v) is 11.2. The summed E-state index contributed by atoms with van der Waals surface area (Å²) in [5.74, 6) is 1.17. The van der Waals surface area contributed by atoms with E-state index in [1.54, 1.807) is 6.07 Å². The molecule has 18 heavy (non-hydrogen) atoms. The summed E-state index contributed by atoms with van der Waals surface area (Å²) in [4.78, 5) is 21.9. The molecule has 1 aromatic heterocycles. The molecule has 1 saturated heterocycles. The number of hydrogen-bond donors (Lipinski definition) is 1. The van der Waals surface area contributed by atoms with Gasteiger partial charge < -0.3 is 10.6 Å². The molecule has 1 aliphatic rings. The van der Waals surface area contributed by atoms with Crippen LogP contribution < -0.4 is 10.6 Å². The first-order valence-electron chi connectivity index (χ1n) is 6.18. The van der Waals surface area contributed by atoms with Crippen molar-refractivity contribution < 1.29 is 4.79 Å². The standard InChI is InChI=1S/C12H17ClN4O/c1-2-10-15-9(13)6-11(16-10)17-5-3-4-8(7-17)12(14)18/h6,8H,2-5,7H2,1H3,(H2,14,18). The Morgan fingerprint density at radius 2 is 2.39 bits per heavy atom. The fraction of sp³-hybridized carbons (Fsp3) is 0.583. The molecule has 5 nitrogen and oxygen atoms in total. The molecule has 6 heteroatoms. The van der Waals surface area contributed by atoms with Gasteiger partial charge in [-0.15, -0.1) is 0 Å². The van der Waals surface area contributed by atoms with E-state index in [1.807, 2.05) is 6.92 Å². The number of carbonyl (C=O) groups excluding carboxylic acids is 1. The SMILES string of the molecule is CCc1nc(Cl)cc(N2CCCC(C(N)=O)C2)n1. The summed E-state index contributed by atoms with van der Waals surface area (Å²) in [7, 11) is 0. The highest BCUT2D eigenvalue weighted by Gasteiger charge is 2.25. The summed E-state index contributed by atoms with van der Waals surface area (Å²) in [6, 6.07) is 1.74. The zero-order chi connectivity index (χ0) is 13.1. The molecule has 98 valence electrons. The first kappa shape index (κ1) is 13.1. The normalized spacial score (nSPS) is 19.9. The van der Waals surface area contributed by atoms with Crippen molar-refractivity contribution in [1.29, 1.82) is 0 Å². The van der Waals surface area contributed by atoms with Gasteiger partial charge in [0.2, 0.25) is 5.91 Å². The van der Waals surface area contributed by atoms with Crippen LogP contribution in [0.25, 0.3) is 0 Å². The Kier molecular flexibility index (Phi) is 4.01. The highest BCUT2D eigenvalue weighted by Crippen LogP contribution is 2.23. The van der Waals surface area contributed by atoms with Crippen LogP contribution in [0.15, 0.2) is 6.07 Å². The quantitative estimate of drug-likeness (QED) is 0.841. The fourth-order valence-corrected chi connectivity index (χ4v) is 2.38. The maximum absolute atomic E-state index is 11.3. The van der Waals surface area contributed by atoms with Crippen molar-refractivity contribution in [2.24, 2.45) is 11.7 Å². The Morgan fingerprint density at radius 3 is 3.06 bits per heavy atom. The number of aromatic nitrogens is 2. The molecule has 0 aliphatic carbocycles. The summed E-state index contributed by atoms with van der Waals surface area (Å²) in [5.41, 5.74) is 5.37. The average Bonchev–Trinajstić information content (AvgIpc) is 2.38. The van der Waals surface area contributed by atoms with Crippen LogP contribution in [0, 0.1) is 5.92 Å². The van der Waals surface area contributed by atoms with E-state index in [2.05, 4.69) is 14.9 Å². The van der Waals surface area contributed by atoms with Gasteiger partial charge in [-0.05, 0) is 12.8 Å². The third-order valence-electron chi connectivity index (χ3n) is 3.19. The maximum atomic E-state index is 11.3. The zero-order valence-electron chi connectivity index (χ0n) is 10.4. The molecule has 0 bridgehead atoms. The molecular weight excluding hydrogens is 252 g/mol. The Labute approximate surface area is 111 Å². The van der Waals surface area contributed by atoms with Gasteiger partial charge in [-0.25, -0.2) is 9.97 Å². The molecule has 0 aromatic carbocycles. The number of halogens is 1. The summed E-state index contributed by atoms with van der Waals surface area (Å²) >= 11 is 5.98. The second kappa shape index (κ2) is 5.52. The monoisotopic (exact) mass is 268 g/mol. The minimum atomic E-state index is -0.240. The molecular formula is C12H17ClN4O. The minimum absolute atomic E-state index is 0.0995. The van der Waals surface area contributed by atoms with Crippen LogP contribution in [0.2, 0.25) is 5.15 Å². The van der Waals surface area contributed by atoms with Crippen molar-refractivity contribution >= 4 is 23.3 Å². The number of amides is 1. The Morgan fingerprint density at radius 1 is 1.61 bits per heavy atom. The predicted octanol–water partition coefficient (Wildman–Crippen LogP) is 1.39. The lowest BCUT2D eigenvalue weighted by Gasteiger charge is -2.32. The summed E-state index contributed by atoms with van der Waals surface area (Å²) < 4.78 is 0. The molecule has 2 rings (SSSR count). The van der Waals surface area contributed by atoms with E-state index >= 15 is 0 Å². The second-order valence-corrected chi connectivity index (χ2v) is 4.89. The molecule has 0 saturated carbocycles. The van der Waals surface area contributed by atoms with E-state index in [-0.39, 0.29) is 11.8 Å². The first-order valence-corrected chi connectivity index (χ1v) is 6.55. The van der Waals surface area contributed by atoms with Crippen LogP contribution in [0.5, 0.6) is 0 Å². The predicted molar refractivity (Wildman–Crippen MR) is 70.6 cm³/mol. The Bertz CT molecular complexity index is 452.